The number of benzene rings is 2. The van der Waals surface area contributed by atoms with Crippen molar-refractivity contribution >= 4 is 35.2 Å². The fourth-order valence-corrected chi connectivity index (χ4v) is 4.04. The van der Waals surface area contributed by atoms with E-state index >= 15 is 0 Å². The molecule has 2 aromatic carbocycles. The molecule has 0 bridgehead atoms. The van der Waals surface area contributed by atoms with Crippen LogP contribution in [0.2, 0.25) is 5.02 Å². The van der Waals surface area contributed by atoms with Crippen molar-refractivity contribution in [1.29, 1.82) is 0 Å². The molecule has 2 unspecified atom stereocenters. The molecule has 0 aromatic heterocycles. The predicted molar refractivity (Wildman–Crippen MR) is 116 cm³/mol. The van der Waals surface area contributed by atoms with E-state index < -0.39 is 35.7 Å². The van der Waals surface area contributed by atoms with Crippen molar-refractivity contribution in [2.75, 3.05) is 0 Å². The summed E-state index contributed by atoms with van der Waals surface area (Å²) in [6.45, 7) is 3.67. The van der Waals surface area contributed by atoms with Crippen LogP contribution in [0, 0.1) is 5.92 Å². The van der Waals surface area contributed by atoms with Gasteiger partial charge in [0.1, 0.15) is 6.04 Å². The Balaban J connectivity index is 1.95. The van der Waals surface area contributed by atoms with E-state index in [1.54, 1.807) is 55.5 Å². The Labute approximate surface area is 185 Å². The zero-order chi connectivity index (χ0) is 22.7. The molecule has 7 nitrogen and oxygen atoms in total. The lowest BCUT2D eigenvalue weighted by Gasteiger charge is -2.31. The molecule has 162 valence electrons. The summed E-state index contributed by atoms with van der Waals surface area (Å²) in [5.41, 5.74) is 6.46. The molecule has 4 amide bonds. The third-order valence-corrected chi connectivity index (χ3v) is 5.90. The van der Waals surface area contributed by atoms with Gasteiger partial charge in [-0.05, 0) is 29.7 Å². The fraction of sp³-hybridized carbons (Fsp3) is 0.304. The minimum absolute atomic E-state index is 0.176. The van der Waals surface area contributed by atoms with Gasteiger partial charge in [0, 0.05) is 5.02 Å². The second kappa shape index (κ2) is 9.31. The maximum absolute atomic E-state index is 13.4. The molecule has 1 aliphatic heterocycles. The lowest BCUT2D eigenvalue weighted by atomic mass is 9.95. The summed E-state index contributed by atoms with van der Waals surface area (Å²) in [6, 6.07) is 11.5. The Morgan fingerprint density at radius 1 is 1.03 bits per heavy atom. The van der Waals surface area contributed by atoms with E-state index in [0.717, 1.165) is 4.90 Å². The van der Waals surface area contributed by atoms with E-state index in [9.17, 15) is 19.2 Å². The topological polar surface area (TPSA) is 110 Å². The molecule has 1 aliphatic rings. The lowest BCUT2D eigenvalue weighted by molar-refractivity contribution is -0.127. The van der Waals surface area contributed by atoms with Crippen LogP contribution >= 0.6 is 11.6 Å². The van der Waals surface area contributed by atoms with Crippen LogP contribution in [0.4, 0.5) is 0 Å². The van der Waals surface area contributed by atoms with Gasteiger partial charge in [-0.2, -0.15) is 0 Å². The Hall–Kier alpha value is -3.19. The maximum atomic E-state index is 13.4. The van der Waals surface area contributed by atoms with Crippen molar-refractivity contribution in [2.24, 2.45) is 11.7 Å². The van der Waals surface area contributed by atoms with Crippen LogP contribution in [0.25, 0.3) is 0 Å². The minimum Gasteiger partial charge on any atom is -0.370 e. The number of nitrogens with zero attached hydrogens (tertiary/aromatic N) is 1. The summed E-state index contributed by atoms with van der Waals surface area (Å²) in [4.78, 5) is 52.0. The average Bonchev–Trinajstić information content (AvgIpc) is 2.99. The van der Waals surface area contributed by atoms with Gasteiger partial charge in [0.25, 0.3) is 11.8 Å². The number of hydrogen-bond acceptors (Lipinski definition) is 4. The van der Waals surface area contributed by atoms with Crippen LogP contribution in [-0.2, 0) is 9.59 Å². The molecule has 0 aliphatic carbocycles. The Morgan fingerprint density at radius 2 is 1.58 bits per heavy atom. The molecule has 1 heterocycles. The normalized spacial score (nSPS) is 15.9. The fourth-order valence-electron chi connectivity index (χ4n) is 3.77. The summed E-state index contributed by atoms with van der Waals surface area (Å²) in [5, 5.41) is 3.17. The highest BCUT2D eigenvalue weighted by molar-refractivity contribution is 6.31. The van der Waals surface area contributed by atoms with E-state index in [2.05, 4.69) is 5.32 Å². The molecule has 0 saturated carbocycles. The quantitative estimate of drug-likeness (QED) is 0.613. The van der Waals surface area contributed by atoms with Crippen molar-refractivity contribution in [3.8, 4) is 0 Å². The Kier molecular flexibility index (Phi) is 6.75. The molecule has 0 saturated heterocycles. The van der Waals surface area contributed by atoms with Crippen LogP contribution in [0.3, 0.4) is 0 Å². The van der Waals surface area contributed by atoms with Gasteiger partial charge >= 0.3 is 0 Å². The molecule has 0 fully saturated rings. The number of carbonyl (C=O) groups excluding carboxylic acids is 4. The smallest absolute Gasteiger partial charge is 0.262 e. The van der Waals surface area contributed by atoms with Gasteiger partial charge in [0.15, 0.2) is 0 Å². The minimum atomic E-state index is -1.05. The van der Waals surface area contributed by atoms with Crippen LogP contribution in [0.15, 0.2) is 48.5 Å². The SMILES string of the molecule is CCC(C)C(C(=O)N[C@H](CC(N)=O)c1ccccc1Cl)N1C(=O)c2ccccc2C1=O. The maximum Gasteiger partial charge on any atom is 0.262 e. The second-order valence-corrected chi connectivity index (χ2v) is 8.02. The first kappa shape index (κ1) is 22.5. The molecular weight excluding hydrogens is 418 g/mol. The zero-order valence-corrected chi connectivity index (χ0v) is 18.1. The van der Waals surface area contributed by atoms with E-state index in [0.29, 0.717) is 17.0 Å². The van der Waals surface area contributed by atoms with Gasteiger partial charge in [-0.25, -0.2) is 0 Å². The highest BCUT2D eigenvalue weighted by Crippen LogP contribution is 2.30. The average molecular weight is 442 g/mol. The summed E-state index contributed by atoms with van der Waals surface area (Å²) in [5.74, 6) is -2.50. The van der Waals surface area contributed by atoms with Crippen molar-refractivity contribution in [2.45, 2.75) is 38.8 Å². The number of rotatable bonds is 8. The van der Waals surface area contributed by atoms with Crippen LogP contribution in [-0.4, -0.2) is 34.6 Å². The Bertz CT molecular complexity index is 1000. The molecule has 0 radical (unpaired) electrons. The third-order valence-electron chi connectivity index (χ3n) is 5.56. The number of primary amides is 1. The Morgan fingerprint density at radius 3 is 2.10 bits per heavy atom. The van der Waals surface area contributed by atoms with E-state index in [4.69, 9.17) is 17.3 Å². The van der Waals surface area contributed by atoms with Crippen molar-refractivity contribution < 1.29 is 19.2 Å². The van der Waals surface area contributed by atoms with E-state index in [1.807, 2.05) is 6.92 Å². The van der Waals surface area contributed by atoms with Gasteiger partial charge in [0.05, 0.1) is 23.6 Å². The largest absolute Gasteiger partial charge is 0.370 e. The van der Waals surface area contributed by atoms with Gasteiger partial charge < -0.3 is 11.1 Å². The molecule has 8 heteroatoms. The number of nitrogens with one attached hydrogen (secondary N) is 1. The lowest BCUT2D eigenvalue weighted by Crippen LogP contribution is -2.53. The molecule has 31 heavy (non-hydrogen) atoms. The van der Waals surface area contributed by atoms with E-state index in [-0.39, 0.29) is 23.5 Å². The van der Waals surface area contributed by atoms with Gasteiger partial charge in [-0.15, -0.1) is 0 Å². The summed E-state index contributed by atoms with van der Waals surface area (Å²) < 4.78 is 0. The van der Waals surface area contributed by atoms with E-state index in [1.165, 1.54) is 0 Å². The van der Waals surface area contributed by atoms with Gasteiger partial charge in [0.2, 0.25) is 11.8 Å². The number of nitrogens with two attached hydrogens (primary N) is 1. The summed E-state index contributed by atoms with van der Waals surface area (Å²) >= 11 is 6.27. The first-order valence-corrected chi connectivity index (χ1v) is 10.4. The number of amides is 4. The van der Waals surface area contributed by atoms with Crippen LogP contribution < -0.4 is 11.1 Å². The predicted octanol–water partition coefficient (Wildman–Crippen LogP) is 3.08. The van der Waals surface area contributed by atoms with Crippen LogP contribution in [0.1, 0.15) is 59.0 Å². The number of imide groups is 1. The molecule has 3 N–H and O–H groups in total. The van der Waals surface area contributed by atoms with Gasteiger partial charge in [-0.1, -0.05) is 62.2 Å². The number of fused-ring (bicyclic) bond motifs is 1. The molecular formula is C23H24ClN3O4. The standard InChI is InChI=1S/C23H24ClN3O4/c1-3-13(2)20(27-22(30)14-8-4-5-9-15(14)23(27)31)21(29)26-18(12-19(25)28)16-10-6-7-11-17(16)24/h4-11,13,18,20H,3,12H2,1-2H3,(H2,25,28)(H,26,29)/t13?,18-,20?/m1/s1. The first-order valence-electron chi connectivity index (χ1n) is 10.1. The van der Waals surface area contributed by atoms with Crippen LogP contribution in [0.5, 0.6) is 0 Å². The second-order valence-electron chi connectivity index (χ2n) is 7.61. The number of carbonyl (C=O) groups is 4. The molecule has 3 atom stereocenters. The molecule has 3 rings (SSSR count). The van der Waals surface area contributed by atoms with Crippen molar-refractivity contribution in [1.82, 2.24) is 10.2 Å². The summed E-state index contributed by atoms with van der Waals surface area (Å²) in [7, 11) is 0. The number of hydrogen-bond donors (Lipinski definition) is 2. The highest BCUT2D eigenvalue weighted by Gasteiger charge is 2.44. The first-order chi connectivity index (χ1) is 14.8. The van der Waals surface area contributed by atoms with Gasteiger partial charge in [-0.3, -0.25) is 24.1 Å². The zero-order valence-electron chi connectivity index (χ0n) is 17.3. The van der Waals surface area contributed by atoms with Crippen molar-refractivity contribution in [3.05, 3.63) is 70.2 Å². The monoisotopic (exact) mass is 441 g/mol. The highest BCUT2D eigenvalue weighted by atomic mass is 35.5. The summed E-state index contributed by atoms with van der Waals surface area (Å²) in [6.07, 6.45) is 0.378. The van der Waals surface area contributed by atoms with Crippen molar-refractivity contribution in [3.63, 3.8) is 0 Å². The molecule has 0 spiro atoms. The third kappa shape index (κ3) is 4.46. The molecule has 2 aromatic rings. The number of halogens is 1.